The van der Waals surface area contributed by atoms with E-state index in [9.17, 15) is 18.0 Å². The van der Waals surface area contributed by atoms with Crippen LogP contribution in [0.4, 0.5) is 0 Å². The third kappa shape index (κ3) is 4.89. The lowest BCUT2D eigenvalue weighted by molar-refractivity contribution is -0.135. The lowest BCUT2D eigenvalue weighted by Crippen LogP contribution is -2.41. The molecule has 3 aromatic carbocycles. The number of sulfonamides is 1. The van der Waals surface area contributed by atoms with Gasteiger partial charge in [0.15, 0.2) is 5.76 Å². The molecule has 174 valence electrons. The Hall–Kier alpha value is -3.46. The van der Waals surface area contributed by atoms with Crippen LogP contribution in [0.25, 0.3) is 22.3 Å². The molecule has 1 N–H and O–H groups in total. The molecule has 34 heavy (non-hydrogen) atoms. The van der Waals surface area contributed by atoms with E-state index in [2.05, 4.69) is 4.72 Å². The van der Waals surface area contributed by atoms with E-state index in [1.165, 1.54) is 25.1 Å². The highest BCUT2D eigenvalue weighted by molar-refractivity contribution is 7.89. The Bertz CT molecular complexity index is 1530. The van der Waals surface area contributed by atoms with Gasteiger partial charge in [-0.3, -0.25) is 4.79 Å². The Morgan fingerprint density at radius 2 is 1.71 bits per heavy atom. The van der Waals surface area contributed by atoms with Gasteiger partial charge in [0.25, 0.3) is 0 Å². The Balaban J connectivity index is 1.73. The molecule has 4 aromatic rings. The maximum atomic E-state index is 13.3. The van der Waals surface area contributed by atoms with Gasteiger partial charge in [-0.1, -0.05) is 59.6 Å². The minimum atomic E-state index is -3.98. The third-order valence-electron chi connectivity index (χ3n) is 5.07. The Labute approximate surface area is 201 Å². The van der Waals surface area contributed by atoms with Crippen molar-refractivity contribution >= 4 is 38.6 Å². The van der Waals surface area contributed by atoms with Crippen molar-refractivity contribution in [1.29, 1.82) is 0 Å². The van der Waals surface area contributed by atoms with Gasteiger partial charge in [-0.2, -0.15) is 4.72 Å². The van der Waals surface area contributed by atoms with Crippen LogP contribution >= 0.6 is 11.6 Å². The van der Waals surface area contributed by atoms with Crippen molar-refractivity contribution < 1.29 is 22.4 Å². The summed E-state index contributed by atoms with van der Waals surface area (Å²) in [6.07, 6.45) is 0. The molecule has 0 bridgehead atoms. The first-order chi connectivity index (χ1) is 16.2. The molecule has 1 atom stereocenters. The van der Waals surface area contributed by atoms with Crippen molar-refractivity contribution in [2.45, 2.75) is 24.8 Å². The highest BCUT2D eigenvalue weighted by atomic mass is 35.5. The van der Waals surface area contributed by atoms with Gasteiger partial charge < -0.3 is 9.15 Å². The van der Waals surface area contributed by atoms with Crippen LogP contribution in [-0.4, -0.2) is 20.4 Å². The molecule has 0 aliphatic rings. The normalized spacial score (nSPS) is 12.4. The summed E-state index contributed by atoms with van der Waals surface area (Å²) in [4.78, 5) is 26.1. The van der Waals surface area contributed by atoms with Crippen LogP contribution in [0.2, 0.25) is 5.02 Å². The first kappa shape index (κ1) is 23.7. The fraction of sp³-hybridized carbons (Fsp3) is 0.120. The summed E-state index contributed by atoms with van der Waals surface area (Å²) in [6.45, 7) is 3.23. The summed E-state index contributed by atoms with van der Waals surface area (Å²) in [5, 5.41) is 0.438. The van der Waals surface area contributed by atoms with E-state index in [0.717, 1.165) is 5.56 Å². The average molecular weight is 498 g/mol. The molecule has 0 unspecified atom stereocenters. The molecule has 0 radical (unpaired) electrons. The largest absolute Gasteiger partial charge is 0.452 e. The van der Waals surface area contributed by atoms with E-state index >= 15 is 0 Å². The zero-order valence-corrected chi connectivity index (χ0v) is 19.8. The summed E-state index contributed by atoms with van der Waals surface area (Å²) in [6, 6.07) is 18.0. The number of carbonyl (C=O) groups is 1. The zero-order valence-electron chi connectivity index (χ0n) is 18.2. The van der Waals surface area contributed by atoms with Gasteiger partial charge in [0.1, 0.15) is 11.6 Å². The van der Waals surface area contributed by atoms with Crippen molar-refractivity contribution in [2.75, 3.05) is 0 Å². The van der Waals surface area contributed by atoms with Crippen molar-refractivity contribution in [3.05, 3.63) is 93.6 Å². The molecular formula is C25H20ClNO6S. The second-order valence-electron chi connectivity index (χ2n) is 7.67. The van der Waals surface area contributed by atoms with Crippen molar-refractivity contribution in [2.24, 2.45) is 0 Å². The summed E-state index contributed by atoms with van der Waals surface area (Å²) < 4.78 is 38.8. The number of ether oxygens (including phenoxy) is 1. The van der Waals surface area contributed by atoms with Crippen molar-refractivity contribution in [3.8, 4) is 17.1 Å². The van der Waals surface area contributed by atoms with Crippen LogP contribution in [-0.2, 0) is 14.8 Å². The molecule has 0 fully saturated rings. The minimum Gasteiger partial charge on any atom is -0.452 e. The summed E-state index contributed by atoms with van der Waals surface area (Å²) in [5.74, 6) is -1.28. The molecule has 1 aromatic heterocycles. The SMILES string of the molecule is Cc1ccc(-c2oc3ccc(Cl)cc3c(=O)c2OC(=O)[C@H](C)NS(=O)(=O)c2ccccc2)cc1. The number of carbonyl (C=O) groups excluding carboxylic acids is 1. The molecule has 0 amide bonds. The molecule has 0 aliphatic carbocycles. The molecule has 4 rings (SSSR count). The van der Waals surface area contributed by atoms with Crippen LogP contribution in [0, 0.1) is 6.92 Å². The number of halogens is 1. The number of fused-ring (bicyclic) bond motifs is 1. The number of hydrogen-bond donors (Lipinski definition) is 1. The van der Waals surface area contributed by atoms with Gasteiger partial charge in [-0.05, 0) is 44.2 Å². The fourth-order valence-electron chi connectivity index (χ4n) is 3.28. The van der Waals surface area contributed by atoms with E-state index in [1.54, 1.807) is 42.5 Å². The Morgan fingerprint density at radius 1 is 1.03 bits per heavy atom. The van der Waals surface area contributed by atoms with Crippen molar-refractivity contribution in [3.63, 3.8) is 0 Å². The van der Waals surface area contributed by atoms with E-state index < -0.39 is 27.5 Å². The van der Waals surface area contributed by atoms with E-state index in [4.69, 9.17) is 20.8 Å². The van der Waals surface area contributed by atoms with Gasteiger partial charge in [-0.25, -0.2) is 13.2 Å². The van der Waals surface area contributed by atoms with Crippen LogP contribution in [0.3, 0.4) is 0 Å². The van der Waals surface area contributed by atoms with Crippen LogP contribution in [0.15, 0.2) is 86.9 Å². The first-order valence-corrected chi connectivity index (χ1v) is 12.1. The number of nitrogens with one attached hydrogen (secondary N) is 1. The summed E-state index contributed by atoms with van der Waals surface area (Å²) >= 11 is 6.04. The highest BCUT2D eigenvalue weighted by Gasteiger charge is 2.27. The molecule has 7 nitrogen and oxygen atoms in total. The van der Waals surface area contributed by atoms with Crippen LogP contribution < -0.4 is 14.9 Å². The molecular weight excluding hydrogens is 478 g/mol. The van der Waals surface area contributed by atoms with Gasteiger partial charge in [0.2, 0.25) is 21.2 Å². The number of aryl methyl sites for hydroxylation is 1. The molecule has 9 heteroatoms. The topological polar surface area (TPSA) is 103 Å². The van der Waals surface area contributed by atoms with Crippen LogP contribution in [0.5, 0.6) is 5.75 Å². The number of rotatable bonds is 6. The van der Waals surface area contributed by atoms with Gasteiger partial charge in [-0.15, -0.1) is 0 Å². The summed E-state index contributed by atoms with van der Waals surface area (Å²) in [5.41, 5.74) is 1.16. The number of benzene rings is 3. The minimum absolute atomic E-state index is 0.00476. The van der Waals surface area contributed by atoms with Gasteiger partial charge in [0, 0.05) is 10.6 Å². The third-order valence-corrected chi connectivity index (χ3v) is 6.86. The van der Waals surface area contributed by atoms with E-state index in [1.807, 2.05) is 19.1 Å². The highest BCUT2D eigenvalue weighted by Crippen LogP contribution is 2.32. The standard InChI is InChI=1S/C25H20ClNO6S/c1-15-8-10-17(11-9-15)23-24(22(28)20-14-18(26)12-13-21(20)32-23)33-25(29)16(2)27-34(30,31)19-6-4-3-5-7-19/h3-14,16,27H,1-2H3/t16-/m0/s1. The lowest BCUT2D eigenvalue weighted by atomic mass is 10.1. The first-order valence-electron chi connectivity index (χ1n) is 10.3. The van der Waals surface area contributed by atoms with Gasteiger partial charge >= 0.3 is 5.97 Å². The number of hydrogen-bond acceptors (Lipinski definition) is 6. The van der Waals surface area contributed by atoms with Crippen LogP contribution in [0.1, 0.15) is 12.5 Å². The quantitative estimate of drug-likeness (QED) is 0.387. The van der Waals surface area contributed by atoms with E-state index in [0.29, 0.717) is 10.6 Å². The second-order valence-corrected chi connectivity index (χ2v) is 9.82. The van der Waals surface area contributed by atoms with Crippen molar-refractivity contribution in [1.82, 2.24) is 4.72 Å². The van der Waals surface area contributed by atoms with Gasteiger partial charge in [0.05, 0.1) is 10.3 Å². The molecule has 0 aliphatic heterocycles. The molecule has 0 spiro atoms. The lowest BCUT2D eigenvalue weighted by Gasteiger charge is -2.15. The maximum Gasteiger partial charge on any atom is 0.329 e. The predicted octanol–water partition coefficient (Wildman–Crippen LogP) is 4.69. The predicted molar refractivity (Wildman–Crippen MR) is 130 cm³/mol. The smallest absolute Gasteiger partial charge is 0.329 e. The Morgan fingerprint density at radius 3 is 2.38 bits per heavy atom. The monoisotopic (exact) mass is 497 g/mol. The van der Waals surface area contributed by atoms with E-state index in [-0.39, 0.29) is 27.4 Å². The maximum absolute atomic E-state index is 13.3. The second kappa shape index (κ2) is 9.42. The zero-order chi connectivity index (χ0) is 24.5. The molecule has 1 heterocycles. The molecule has 0 saturated carbocycles. The average Bonchev–Trinajstić information content (AvgIpc) is 2.82. The Kier molecular flexibility index (Phi) is 6.56. The molecule has 0 saturated heterocycles. The fourth-order valence-corrected chi connectivity index (χ4v) is 4.66. The summed E-state index contributed by atoms with van der Waals surface area (Å²) in [7, 11) is -3.98. The number of esters is 1.